The van der Waals surface area contributed by atoms with Crippen molar-refractivity contribution >= 4 is 38.7 Å². The largest absolute Gasteiger partial charge is 0.497 e. The molecule has 0 saturated carbocycles. The number of rotatable bonds is 11. The molecule has 0 aliphatic heterocycles. The smallest absolute Gasteiger partial charge is 0.250 e. The first kappa shape index (κ1) is 22.6. The second-order valence-corrected chi connectivity index (χ2v) is 8.03. The third-order valence-electron chi connectivity index (χ3n) is 4.70. The monoisotopic (exact) mass is 440 g/mol. The lowest BCUT2D eigenvalue weighted by Gasteiger charge is -2.11. The molecule has 0 fully saturated rings. The minimum absolute atomic E-state index is 0.249. The summed E-state index contributed by atoms with van der Waals surface area (Å²) < 4.78 is 17.5. The first-order valence-electron chi connectivity index (χ1n) is 10.4. The molecule has 0 unspecified atom stereocenters. The predicted molar refractivity (Wildman–Crippen MR) is 126 cm³/mol. The van der Waals surface area contributed by atoms with Crippen LogP contribution in [0, 0.1) is 0 Å². The van der Waals surface area contributed by atoms with Gasteiger partial charge in [-0.05, 0) is 48.4 Å². The van der Waals surface area contributed by atoms with E-state index in [2.05, 4.69) is 17.2 Å². The predicted octanol–water partition coefficient (Wildman–Crippen LogP) is 5.92. The lowest BCUT2D eigenvalue weighted by Crippen LogP contribution is -2.07. The maximum absolute atomic E-state index is 12.3. The number of anilines is 1. The van der Waals surface area contributed by atoms with E-state index in [4.69, 9.17) is 14.2 Å². The Hall–Kier alpha value is -3.06. The first-order chi connectivity index (χ1) is 15.1. The number of amides is 1. The van der Waals surface area contributed by atoms with Crippen molar-refractivity contribution in [3.8, 4) is 17.2 Å². The van der Waals surface area contributed by atoms with Crippen LogP contribution in [0.25, 0.3) is 16.3 Å². The van der Waals surface area contributed by atoms with E-state index in [9.17, 15) is 4.79 Å². The van der Waals surface area contributed by atoms with Crippen molar-refractivity contribution in [1.29, 1.82) is 0 Å². The average Bonchev–Trinajstić information content (AvgIpc) is 3.19. The molecule has 0 spiro atoms. The number of hydrogen-bond donors (Lipinski definition) is 1. The number of benzene rings is 2. The van der Waals surface area contributed by atoms with Crippen LogP contribution in [0.4, 0.5) is 5.13 Å². The molecule has 31 heavy (non-hydrogen) atoms. The molecule has 1 heterocycles. The molecule has 0 radical (unpaired) electrons. The molecular formula is C24H28N2O4S. The fourth-order valence-electron chi connectivity index (χ4n) is 3.02. The van der Waals surface area contributed by atoms with Crippen molar-refractivity contribution in [2.24, 2.45) is 0 Å². The molecule has 0 atom stereocenters. The van der Waals surface area contributed by atoms with Gasteiger partial charge in [-0.15, -0.1) is 0 Å². The number of ether oxygens (including phenoxy) is 3. The van der Waals surface area contributed by atoms with Gasteiger partial charge in [0.05, 0.1) is 31.0 Å². The van der Waals surface area contributed by atoms with E-state index in [1.54, 1.807) is 20.3 Å². The lowest BCUT2D eigenvalue weighted by molar-refractivity contribution is -0.111. The molecule has 1 N–H and O–H groups in total. The zero-order valence-corrected chi connectivity index (χ0v) is 19.0. The van der Waals surface area contributed by atoms with Gasteiger partial charge in [-0.1, -0.05) is 43.6 Å². The zero-order valence-electron chi connectivity index (χ0n) is 18.1. The number of methoxy groups -OCH3 is 2. The Morgan fingerprint density at radius 3 is 2.71 bits per heavy atom. The lowest BCUT2D eigenvalue weighted by atomic mass is 10.2. The van der Waals surface area contributed by atoms with E-state index in [1.807, 2.05) is 36.4 Å². The maximum Gasteiger partial charge on any atom is 0.250 e. The summed E-state index contributed by atoms with van der Waals surface area (Å²) in [5, 5.41) is 3.35. The first-order valence-corrected chi connectivity index (χ1v) is 11.2. The molecule has 3 rings (SSSR count). The summed E-state index contributed by atoms with van der Waals surface area (Å²) in [4.78, 5) is 16.8. The Labute approximate surface area is 186 Å². The molecule has 0 aliphatic rings. The Morgan fingerprint density at radius 1 is 1.06 bits per heavy atom. The van der Waals surface area contributed by atoms with Crippen LogP contribution in [-0.2, 0) is 4.79 Å². The third-order valence-corrected chi connectivity index (χ3v) is 5.63. The van der Waals surface area contributed by atoms with Gasteiger partial charge in [0.25, 0.3) is 0 Å². The minimum Gasteiger partial charge on any atom is -0.497 e. The van der Waals surface area contributed by atoms with E-state index < -0.39 is 0 Å². The molecule has 1 aromatic heterocycles. The molecule has 0 aliphatic carbocycles. The number of carbonyl (C=O) groups excluding carboxylic acids is 1. The van der Waals surface area contributed by atoms with E-state index in [0.29, 0.717) is 23.2 Å². The number of aromatic nitrogens is 1. The summed E-state index contributed by atoms with van der Waals surface area (Å²) in [7, 11) is 3.23. The van der Waals surface area contributed by atoms with Crippen molar-refractivity contribution < 1.29 is 19.0 Å². The fourth-order valence-corrected chi connectivity index (χ4v) is 3.92. The van der Waals surface area contributed by atoms with Crippen LogP contribution in [0.5, 0.6) is 17.2 Å². The van der Waals surface area contributed by atoms with E-state index in [0.717, 1.165) is 34.4 Å². The SMILES string of the molecule is CCCCCCOc1ccc(/C=C/C(=O)Nc2nc3ccc(OC)cc3s2)cc1OC. The molecule has 2 aromatic carbocycles. The highest BCUT2D eigenvalue weighted by Gasteiger charge is 2.08. The Kier molecular flexibility index (Phi) is 8.29. The second kappa shape index (κ2) is 11.4. The minimum atomic E-state index is -0.249. The topological polar surface area (TPSA) is 69.7 Å². The quantitative estimate of drug-likeness (QED) is 0.296. The van der Waals surface area contributed by atoms with Crippen LogP contribution in [0.1, 0.15) is 38.2 Å². The number of fused-ring (bicyclic) bond motifs is 1. The summed E-state index contributed by atoms with van der Waals surface area (Å²) in [6.45, 7) is 2.86. The van der Waals surface area contributed by atoms with Crippen LogP contribution in [0.15, 0.2) is 42.5 Å². The number of nitrogens with zero attached hydrogens (tertiary/aromatic N) is 1. The number of nitrogens with one attached hydrogen (secondary N) is 1. The summed E-state index contributed by atoms with van der Waals surface area (Å²) in [6, 6.07) is 11.2. The number of carbonyl (C=O) groups is 1. The van der Waals surface area contributed by atoms with Gasteiger partial charge < -0.3 is 14.2 Å². The Morgan fingerprint density at radius 2 is 1.94 bits per heavy atom. The molecule has 0 bridgehead atoms. The van der Waals surface area contributed by atoms with E-state index in [-0.39, 0.29) is 5.91 Å². The van der Waals surface area contributed by atoms with Crippen molar-refractivity contribution in [2.75, 3.05) is 26.1 Å². The van der Waals surface area contributed by atoms with Gasteiger partial charge in [0.2, 0.25) is 5.91 Å². The molecule has 6 nitrogen and oxygen atoms in total. The van der Waals surface area contributed by atoms with Gasteiger partial charge in [0.1, 0.15) is 5.75 Å². The van der Waals surface area contributed by atoms with Gasteiger partial charge in [-0.3, -0.25) is 10.1 Å². The van der Waals surface area contributed by atoms with Crippen LogP contribution >= 0.6 is 11.3 Å². The third kappa shape index (κ3) is 6.46. The number of hydrogen-bond acceptors (Lipinski definition) is 6. The fraction of sp³-hybridized carbons (Fsp3) is 0.333. The van der Waals surface area contributed by atoms with Crippen molar-refractivity contribution in [2.45, 2.75) is 32.6 Å². The molecule has 164 valence electrons. The van der Waals surface area contributed by atoms with Crippen molar-refractivity contribution in [3.05, 3.63) is 48.0 Å². The van der Waals surface area contributed by atoms with Gasteiger partial charge in [-0.2, -0.15) is 0 Å². The maximum atomic E-state index is 12.3. The molecule has 7 heteroatoms. The van der Waals surface area contributed by atoms with E-state index >= 15 is 0 Å². The summed E-state index contributed by atoms with van der Waals surface area (Å²) in [5.41, 5.74) is 1.67. The number of thiazole rings is 1. The molecule has 1 amide bonds. The van der Waals surface area contributed by atoms with Crippen LogP contribution in [0.2, 0.25) is 0 Å². The average molecular weight is 441 g/mol. The highest BCUT2D eigenvalue weighted by Crippen LogP contribution is 2.30. The normalized spacial score (nSPS) is 11.1. The summed E-state index contributed by atoms with van der Waals surface area (Å²) in [5.74, 6) is 1.88. The van der Waals surface area contributed by atoms with E-state index in [1.165, 1.54) is 30.3 Å². The highest BCUT2D eigenvalue weighted by atomic mass is 32.1. The Balaban J connectivity index is 1.59. The highest BCUT2D eigenvalue weighted by molar-refractivity contribution is 7.22. The van der Waals surface area contributed by atoms with Gasteiger partial charge in [0, 0.05) is 6.08 Å². The molecular weight excluding hydrogens is 412 g/mol. The van der Waals surface area contributed by atoms with Gasteiger partial charge >= 0.3 is 0 Å². The van der Waals surface area contributed by atoms with Gasteiger partial charge in [-0.25, -0.2) is 4.98 Å². The summed E-state index contributed by atoms with van der Waals surface area (Å²) in [6.07, 6.45) is 7.82. The van der Waals surface area contributed by atoms with Crippen molar-refractivity contribution in [3.63, 3.8) is 0 Å². The second-order valence-electron chi connectivity index (χ2n) is 6.99. The number of unbranched alkanes of at least 4 members (excludes halogenated alkanes) is 3. The van der Waals surface area contributed by atoms with Gasteiger partial charge in [0.15, 0.2) is 16.6 Å². The molecule has 0 saturated heterocycles. The standard InChI is InChI=1S/C24H28N2O4S/c1-4-5-6-7-14-30-20-12-8-17(15-21(20)29-3)9-13-23(27)26-24-25-19-11-10-18(28-2)16-22(19)31-24/h8-13,15-16H,4-7,14H2,1-3H3,(H,25,26,27)/b13-9+. The Bertz CT molecular complexity index is 1050. The van der Waals surface area contributed by atoms with Crippen LogP contribution < -0.4 is 19.5 Å². The zero-order chi connectivity index (χ0) is 22.1. The van der Waals surface area contributed by atoms with Crippen molar-refractivity contribution in [1.82, 2.24) is 4.98 Å². The van der Waals surface area contributed by atoms with Crippen LogP contribution in [-0.4, -0.2) is 31.7 Å². The van der Waals surface area contributed by atoms with Crippen LogP contribution in [0.3, 0.4) is 0 Å². The molecule has 3 aromatic rings. The summed E-state index contributed by atoms with van der Waals surface area (Å²) >= 11 is 1.40.